The Hall–Kier alpha value is -0.550. The molecule has 0 rings (SSSR count). The van der Waals surface area contributed by atoms with Crippen LogP contribution in [0.5, 0.6) is 0 Å². The molecule has 2 nitrogen and oxygen atoms in total. The van der Waals surface area contributed by atoms with E-state index >= 15 is 0 Å². The van der Waals surface area contributed by atoms with Crippen LogP contribution in [-0.2, 0) is 0 Å². The van der Waals surface area contributed by atoms with Crippen LogP contribution in [0.1, 0.15) is 47.0 Å². The molecule has 1 N–H and O–H groups in total. The van der Waals surface area contributed by atoms with Crippen LogP contribution in [0.4, 0.5) is 0 Å². The van der Waals surface area contributed by atoms with Gasteiger partial charge in [0.25, 0.3) is 0 Å². The molecule has 0 aromatic carbocycles. The molecular weight excluding hydrogens is 162 g/mol. The molecule has 0 spiro atoms. The van der Waals surface area contributed by atoms with Crippen molar-refractivity contribution in [1.82, 2.24) is 0 Å². The summed E-state index contributed by atoms with van der Waals surface area (Å²) in [5, 5.41) is 19.2. The van der Waals surface area contributed by atoms with Crippen molar-refractivity contribution >= 4 is 0 Å². The first kappa shape index (κ1) is 12.4. The number of hydrogen-bond donors (Lipinski definition) is 1. The highest BCUT2D eigenvalue weighted by atomic mass is 16.3. The normalized spacial score (nSPS) is 17.9. The molecule has 0 aliphatic rings. The van der Waals surface area contributed by atoms with E-state index in [9.17, 15) is 5.11 Å². The summed E-state index contributed by atoms with van der Waals surface area (Å²) < 4.78 is 0. The van der Waals surface area contributed by atoms with E-state index < -0.39 is 5.60 Å². The first-order chi connectivity index (χ1) is 6.02. The van der Waals surface area contributed by atoms with Gasteiger partial charge in [-0.2, -0.15) is 5.26 Å². The summed E-state index contributed by atoms with van der Waals surface area (Å²) in [6, 6.07) is 2.23. The lowest BCUT2D eigenvalue weighted by molar-refractivity contribution is -0.0459. The Bertz CT molecular complexity index is 183. The Balaban J connectivity index is 4.61. The number of nitriles is 1. The Morgan fingerprint density at radius 2 is 1.92 bits per heavy atom. The van der Waals surface area contributed by atoms with Gasteiger partial charge in [0.15, 0.2) is 0 Å². The van der Waals surface area contributed by atoms with Crippen LogP contribution in [0.15, 0.2) is 0 Å². The third-order valence-electron chi connectivity index (χ3n) is 2.90. The van der Waals surface area contributed by atoms with Gasteiger partial charge in [-0.15, -0.1) is 0 Å². The highest BCUT2D eigenvalue weighted by molar-refractivity contribution is 4.99. The fourth-order valence-corrected chi connectivity index (χ4v) is 1.77. The van der Waals surface area contributed by atoms with E-state index in [2.05, 4.69) is 6.07 Å². The van der Waals surface area contributed by atoms with Gasteiger partial charge in [0.1, 0.15) is 0 Å². The molecule has 0 aliphatic carbocycles. The van der Waals surface area contributed by atoms with Gasteiger partial charge in [-0.1, -0.05) is 34.1 Å². The van der Waals surface area contributed by atoms with Crippen LogP contribution in [0, 0.1) is 23.2 Å². The second-order valence-corrected chi connectivity index (χ2v) is 3.97. The number of hydrogen-bond acceptors (Lipinski definition) is 2. The molecule has 0 saturated heterocycles. The largest absolute Gasteiger partial charge is 0.388 e. The highest BCUT2D eigenvalue weighted by Gasteiger charge is 2.37. The van der Waals surface area contributed by atoms with Crippen molar-refractivity contribution in [2.75, 3.05) is 0 Å². The Morgan fingerprint density at radius 1 is 1.38 bits per heavy atom. The van der Waals surface area contributed by atoms with Crippen molar-refractivity contribution in [1.29, 1.82) is 5.26 Å². The van der Waals surface area contributed by atoms with Gasteiger partial charge in [-0.05, 0) is 18.8 Å². The van der Waals surface area contributed by atoms with E-state index in [0.29, 0.717) is 6.42 Å². The predicted molar refractivity (Wildman–Crippen MR) is 54.1 cm³/mol. The van der Waals surface area contributed by atoms with Gasteiger partial charge in [0, 0.05) is 0 Å². The van der Waals surface area contributed by atoms with E-state index in [1.165, 1.54) is 0 Å². The maximum absolute atomic E-state index is 10.3. The molecular formula is C11H21NO. The van der Waals surface area contributed by atoms with Crippen LogP contribution in [-0.4, -0.2) is 10.7 Å². The molecule has 2 atom stereocenters. The third-order valence-corrected chi connectivity index (χ3v) is 2.90. The summed E-state index contributed by atoms with van der Waals surface area (Å²) >= 11 is 0. The van der Waals surface area contributed by atoms with Crippen LogP contribution in [0.25, 0.3) is 0 Å². The van der Waals surface area contributed by atoms with Crippen molar-refractivity contribution in [2.45, 2.75) is 52.6 Å². The minimum absolute atomic E-state index is 0.147. The summed E-state index contributed by atoms with van der Waals surface area (Å²) in [4.78, 5) is 0. The standard InChI is InChI=1S/C11H21NO/c1-5-7-10(8-12)11(13,6-2)9(3)4/h9-10,13H,5-7H2,1-4H3. The average molecular weight is 183 g/mol. The second-order valence-electron chi connectivity index (χ2n) is 3.97. The van der Waals surface area contributed by atoms with Gasteiger partial charge in [0.2, 0.25) is 0 Å². The summed E-state index contributed by atoms with van der Waals surface area (Å²) in [6.45, 7) is 7.94. The predicted octanol–water partition coefficient (Wildman–Crippen LogP) is 2.72. The molecule has 0 radical (unpaired) electrons. The van der Waals surface area contributed by atoms with E-state index in [-0.39, 0.29) is 11.8 Å². The quantitative estimate of drug-likeness (QED) is 0.712. The summed E-state index contributed by atoms with van der Waals surface area (Å²) in [6.07, 6.45) is 2.40. The molecule has 0 fully saturated rings. The molecule has 2 heteroatoms. The van der Waals surface area contributed by atoms with Crippen LogP contribution < -0.4 is 0 Å². The average Bonchev–Trinajstić information content (AvgIpc) is 2.12. The maximum atomic E-state index is 10.3. The fourth-order valence-electron chi connectivity index (χ4n) is 1.77. The first-order valence-electron chi connectivity index (χ1n) is 5.14. The highest BCUT2D eigenvalue weighted by Crippen LogP contribution is 2.32. The van der Waals surface area contributed by atoms with Crippen molar-refractivity contribution in [3.63, 3.8) is 0 Å². The van der Waals surface area contributed by atoms with Crippen molar-refractivity contribution < 1.29 is 5.11 Å². The van der Waals surface area contributed by atoms with Gasteiger partial charge < -0.3 is 5.11 Å². The maximum Gasteiger partial charge on any atom is 0.0825 e. The molecule has 0 amide bonds. The second kappa shape index (κ2) is 5.24. The van der Waals surface area contributed by atoms with E-state index in [1.54, 1.807) is 0 Å². The molecule has 0 bridgehead atoms. The zero-order valence-electron chi connectivity index (χ0n) is 9.17. The number of rotatable bonds is 5. The van der Waals surface area contributed by atoms with Gasteiger partial charge in [-0.25, -0.2) is 0 Å². The minimum Gasteiger partial charge on any atom is -0.388 e. The summed E-state index contributed by atoms with van der Waals surface area (Å²) in [7, 11) is 0. The summed E-state index contributed by atoms with van der Waals surface area (Å²) in [5.41, 5.74) is -0.801. The molecule has 0 saturated carbocycles. The van der Waals surface area contributed by atoms with Gasteiger partial charge in [0.05, 0.1) is 17.6 Å². The lowest BCUT2D eigenvalue weighted by Crippen LogP contribution is -2.41. The monoisotopic (exact) mass is 183 g/mol. The molecule has 2 unspecified atom stereocenters. The van der Waals surface area contributed by atoms with E-state index in [0.717, 1.165) is 12.8 Å². The van der Waals surface area contributed by atoms with Crippen molar-refractivity contribution in [3.05, 3.63) is 0 Å². The van der Waals surface area contributed by atoms with Crippen LogP contribution in [0.3, 0.4) is 0 Å². The van der Waals surface area contributed by atoms with Crippen molar-refractivity contribution in [3.8, 4) is 6.07 Å². The molecule has 0 aromatic heterocycles. The Labute approximate surface area is 81.6 Å². The number of aliphatic hydroxyl groups is 1. The van der Waals surface area contributed by atoms with Crippen molar-refractivity contribution in [2.24, 2.45) is 11.8 Å². The zero-order valence-corrected chi connectivity index (χ0v) is 9.17. The number of nitrogens with zero attached hydrogens (tertiary/aromatic N) is 1. The van der Waals surface area contributed by atoms with E-state index in [4.69, 9.17) is 5.26 Å². The molecule has 13 heavy (non-hydrogen) atoms. The van der Waals surface area contributed by atoms with Crippen LogP contribution in [0.2, 0.25) is 0 Å². The van der Waals surface area contributed by atoms with Gasteiger partial charge in [-0.3, -0.25) is 0 Å². The van der Waals surface area contributed by atoms with Gasteiger partial charge >= 0.3 is 0 Å². The summed E-state index contributed by atoms with van der Waals surface area (Å²) in [5.74, 6) is -0.0730. The van der Waals surface area contributed by atoms with Crippen LogP contribution >= 0.6 is 0 Å². The first-order valence-corrected chi connectivity index (χ1v) is 5.14. The molecule has 0 aromatic rings. The molecule has 0 aliphatic heterocycles. The topological polar surface area (TPSA) is 44.0 Å². The lowest BCUT2D eigenvalue weighted by Gasteiger charge is -2.35. The zero-order chi connectivity index (χ0) is 10.5. The molecule has 0 heterocycles. The lowest BCUT2D eigenvalue weighted by atomic mass is 9.75. The third kappa shape index (κ3) is 2.70. The Kier molecular flexibility index (Phi) is 5.02. The smallest absolute Gasteiger partial charge is 0.0825 e. The fraction of sp³-hybridized carbons (Fsp3) is 0.909. The Morgan fingerprint density at radius 3 is 2.15 bits per heavy atom. The van der Waals surface area contributed by atoms with E-state index in [1.807, 2.05) is 27.7 Å². The SMILES string of the molecule is CCCC(C#N)C(O)(CC)C(C)C. The minimum atomic E-state index is -0.801. The molecule has 76 valence electrons.